The number of benzene rings is 5. The lowest BCUT2D eigenvalue weighted by atomic mass is 9.68. The average molecular weight is 1270 g/mol. The normalized spacial score (nSPS) is 14.5. The van der Waals surface area contributed by atoms with E-state index < -0.39 is 78.6 Å². The second-order valence-corrected chi connectivity index (χ2v) is 22.5. The summed E-state index contributed by atoms with van der Waals surface area (Å²) in [6.45, 7) is 22.6. The van der Waals surface area contributed by atoms with Gasteiger partial charge in [0.1, 0.15) is 19.4 Å². The summed E-state index contributed by atoms with van der Waals surface area (Å²) in [4.78, 5) is 16.2. The Morgan fingerprint density at radius 1 is 0.483 bits per heavy atom. The molecule has 5 aromatic rings. The van der Waals surface area contributed by atoms with Crippen molar-refractivity contribution < 1.29 is 94.9 Å². The first-order chi connectivity index (χ1) is 41.2. The summed E-state index contributed by atoms with van der Waals surface area (Å²) in [5.41, 5.74) is -1.61. The number of hydrogen-bond acceptors (Lipinski definition) is 8. The zero-order chi connectivity index (χ0) is 67.6. The van der Waals surface area contributed by atoms with Crippen molar-refractivity contribution in [3.05, 3.63) is 158 Å². The minimum atomic E-state index is -5.86. The van der Waals surface area contributed by atoms with Gasteiger partial charge in [0.2, 0.25) is 0 Å². The largest absolute Gasteiger partial charge is 0.495 e. The molecule has 1 heterocycles. The lowest BCUT2D eigenvalue weighted by Crippen LogP contribution is -2.58. The third-order valence-electron chi connectivity index (χ3n) is 17.0. The minimum absolute atomic E-state index is 0.00725. The van der Waals surface area contributed by atoms with E-state index in [0.717, 1.165) is 64.2 Å². The van der Waals surface area contributed by atoms with Gasteiger partial charge in [-0.2, -0.15) is 62.3 Å². The van der Waals surface area contributed by atoms with Gasteiger partial charge >= 0.3 is 49.2 Å². The number of aryl methyl sites for hydroxylation is 5. The molecule has 1 aliphatic heterocycles. The zero-order valence-corrected chi connectivity index (χ0v) is 52.4. The molecule has 0 saturated carbocycles. The van der Waals surface area contributed by atoms with Gasteiger partial charge < -0.3 is 28.3 Å². The minimum Gasteiger partial charge on any atom is -0.399 e. The van der Waals surface area contributed by atoms with Gasteiger partial charge in [-0.05, 0) is 179 Å². The van der Waals surface area contributed by atoms with Crippen LogP contribution in [0.5, 0.6) is 0 Å². The number of hydrogen-bond donors (Lipinski definition) is 0. The van der Waals surface area contributed by atoms with E-state index in [-0.39, 0.29) is 23.1 Å². The zero-order valence-electron chi connectivity index (χ0n) is 52.4. The molecule has 0 radical (unpaired) electrons. The third-order valence-corrected chi connectivity index (χ3v) is 17.0. The van der Waals surface area contributed by atoms with E-state index in [1.165, 1.54) is 30.0 Å². The molecule has 22 heteroatoms. The van der Waals surface area contributed by atoms with Crippen molar-refractivity contribution in [2.24, 2.45) is 0 Å². The van der Waals surface area contributed by atoms with Crippen LogP contribution in [-0.4, -0.2) is 88.2 Å². The van der Waals surface area contributed by atoms with Crippen molar-refractivity contribution in [1.29, 1.82) is 0 Å². The Balaban J connectivity index is 0.000000364. The quantitative estimate of drug-likeness (QED) is 0.0394. The fourth-order valence-electron chi connectivity index (χ4n) is 10.8. The van der Waals surface area contributed by atoms with Crippen molar-refractivity contribution in [2.75, 3.05) is 27.8 Å². The molecule has 8 nitrogen and oxygen atoms in total. The molecule has 0 amide bonds. The first-order valence-corrected chi connectivity index (χ1v) is 28.4. The number of carbonyl (C=O) groups excluding carboxylic acids is 2. The molecular weight excluding hydrogens is 1190 g/mol. The maximum atomic E-state index is 14.5. The Morgan fingerprint density at radius 3 is 1.13 bits per heavy atom. The summed E-state index contributed by atoms with van der Waals surface area (Å²) in [6.07, 6.45) is -19.9. The molecule has 1 saturated heterocycles. The van der Waals surface area contributed by atoms with Gasteiger partial charge in [-0.1, -0.05) is 125 Å². The van der Waals surface area contributed by atoms with Crippen LogP contribution in [0.15, 0.2) is 91.0 Å². The molecule has 0 bridgehead atoms. The lowest BCUT2D eigenvalue weighted by molar-refractivity contribution is -0.368. The van der Waals surface area contributed by atoms with E-state index in [4.69, 9.17) is 18.9 Å². The van der Waals surface area contributed by atoms with Crippen LogP contribution in [0.25, 0.3) is 11.1 Å². The van der Waals surface area contributed by atoms with Gasteiger partial charge in [0.25, 0.3) is 0 Å². The van der Waals surface area contributed by atoms with Crippen LogP contribution < -0.4 is 5.46 Å². The molecule has 5 aromatic carbocycles. The number of ether oxygens (including phenoxy) is 4. The third kappa shape index (κ3) is 15.6. The number of alkyl halides is 12. The van der Waals surface area contributed by atoms with Crippen LogP contribution in [-0.2, 0) is 55.1 Å². The number of methoxy groups -OCH3 is 2. The van der Waals surface area contributed by atoms with Crippen LogP contribution in [0.1, 0.15) is 149 Å². The van der Waals surface area contributed by atoms with Gasteiger partial charge in [-0.3, -0.25) is 0 Å². The van der Waals surface area contributed by atoms with Crippen LogP contribution in [0.2, 0.25) is 0 Å². The highest BCUT2D eigenvalue weighted by Crippen LogP contribution is 2.48. The fraction of sp³-hybridized carbons (Fsp3) is 0.478. The van der Waals surface area contributed by atoms with E-state index in [2.05, 4.69) is 36.9 Å². The maximum Gasteiger partial charge on any atom is 0.495 e. The lowest BCUT2D eigenvalue weighted by Gasteiger charge is -2.34. The summed E-state index contributed by atoms with van der Waals surface area (Å²) in [5.74, 6) is 6.59. The molecule has 6 rings (SSSR count). The molecule has 0 spiro atoms. The van der Waals surface area contributed by atoms with Crippen LogP contribution in [0.4, 0.5) is 57.1 Å². The first-order valence-electron chi connectivity index (χ1n) is 28.4. The van der Waals surface area contributed by atoms with Crippen LogP contribution in [0, 0.1) is 57.2 Å². The summed E-state index contributed by atoms with van der Waals surface area (Å²) < 4.78 is 208. The van der Waals surface area contributed by atoms with E-state index in [1.54, 1.807) is 44.2 Å². The van der Waals surface area contributed by atoms with Crippen molar-refractivity contribution >= 4 is 18.7 Å². The molecule has 0 atom stereocenters. The summed E-state index contributed by atoms with van der Waals surface area (Å²) in [5, 5.41) is 0. The average Bonchev–Trinajstić information content (AvgIpc) is 2.60. The van der Waals surface area contributed by atoms with Crippen LogP contribution >= 0.6 is 0 Å². The number of halogens is 13. The van der Waals surface area contributed by atoms with Gasteiger partial charge in [0.15, 0.2) is 0 Å². The summed E-state index contributed by atoms with van der Waals surface area (Å²) in [6, 6.07) is 27.1. The van der Waals surface area contributed by atoms with Gasteiger partial charge in [-0.25, -0.2) is 4.39 Å². The van der Waals surface area contributed by atoms with E-state index in [0.29, 0.717) is 48.8 Å². The molecule has 1 fully saturated rings. The van der Waals surface area contributed by atoms with Crippen molar-refractivity contribution in [2.45, 2.75) is 180 Å². The van der Waals surface area contributed by atoms with E-state index >= 15 is 0 Å². The highest BCUT2D eigenvalue weighted by Gasteiger charge is 2.73. The Hall–Kier alpha value is -6.49. The van der Waals surface area contributed by atoms with Crippen LogP contribution in [0.3, 0.4) is 0 Å². The molecule has 484 valence electrons. The Labute approximate surface area is 512 Å². The molecule has 0 aliphatic carbocycles. The summed E-state index contributed by atoms with van der Waals surface area (Å²) >= 11 is 0. The predicted molar refractivity (Wildman–Crippen MR) is 312 cm³/mol. The molecule has 0 unspecified atom stereocenters. The van der Waals surface area contributed by atoms with Crippen molar-refractivity contribution in [3.8, 4) is 34.8 Å². The van der Waals surface area contributed by atoms with Crippen molar-refractivity contribution in [3.63, 3.8) is 0 Å². The monoisotopic (exact) mass is 1260 g/mol. The number of rotatable bonds is 17. The van der Waals surface area contributed by atoms with Gasteiger partial charge in [0, 0.05) is 36.2 Å². The Bertz CT molecular complexity index is 3360. The standard InChI is InChI=1S/C34H35F7O2.C32H39BF6O4.CO2/c1-7-24-10-11-26(20-30(24)35)29-15-14-28(19-23(29)5)31(8-2,9-3)27-13-12-25(22(4)18-27)16-17-32(33(36,37)38,34(39,40)41)43-21-42-6;1-10-29(11-2,25-14-15-26(22(4)19-25)33-42-27(5,6)28(7,8)43-33)24-13-12-23(21(3)18-24)16-17-30(31(34,35)36,32(37,38)39)41-20-40-9;2-1-3/h10-15,18-20H,7-9,21H2,1-6H3;12-15,18-19H,10-11,20H2,1-9H3;. The van der Waals surface area contributed by atoms with Crippen molar-refractivity contribution in [1.82, 2.24) is 0 Å². The fourth-order valence-corrected chi connectivity index (χ4v) is 10.8. The highest BCUT2D eigenvalue weighted by atomic mass is 19.4. The van der Waals surface area contributed by atoms with Gasteiger partial charge in [0.05, 0.1) is 11.2 Å². The molecule has 1 aliphatic rings. The smallest absolute Gasteiger partial charge is 0.399 e. The molecular formula is C67H74BF13O8. The van der Waals surface area contributed by atoms with Gasteiger partial charge in [-0.15, -0.1) is 0 Å². The SMILES string of the molecule is CCC(CC)(c1ccc(C#CC(OCOC)(C(F)(F)F)C(F)(F)F)c(C)c1)c1ccc(B2OC(C)(C)C(C)(C)O2)c(C)c1.CCc1ccc(-c2ccc(C(CC)(CC)c3ccc(C#CC(OCOC)(C(F)(F)F)C(F)(F)F)c(C)c3)cc2C)cc1F.O=C=O. The topological polar surface area (TPSA) is 89.5 Å². The second kappa shape index (κ2) is 29.2. The molecule has 89 heavy (non-hydrogen) atoms. The summed E-state index contributed by atoms with van der Waals surface area (Å²) in [7, 11) is 1.32. The molecule has 0 aromatic heterocycles. The highest BCUT2D eigenvalue weighted by molar-refractivity contribution is 6.62. The molecule has 0 N–H and O–H groups in total. The van der Waals surface area contributed by atoms with E-state index in [1.807, 2.05) is 113 Å². The second-order valence-electron chi connectivity index (χ2n) is 22.5. The van der Waals surface area contributed by atoms with E-state index in [9.17, 15) is 57.1 Å². The maximum absolute atomic E-state index is 14.5. The first kappa shape index (κ1) is 75.0. The Kier molecular flexibility index (Phi) is 24.6. The predicted octanol–water partition coefficient (Wildman–Crippen LogP) is 16.6. The Morgan fingerprint density at radius 2 is 0.831 bits per heavy atom.